The average Bonchev–Trinajstić information content (AvgIpc) is 2.56. The van der Waals surface area contributed by atoms with Crippen LogP contribution in [0.2, 0.25) is 0 Å². The van der Waals surface area contributed by atoms with E-state index in [0.29, 0.717) is 24.9 Å². The number of rotatable bonds is 10. The molecule has 8 nitrogen and oxygen atoms in total. The van der Waals surface area contributed by atoms with E-state index < -0.39 is 22.0 Å². The molecule has 150 valence electrons. The van der Waals surface area contributed by atoms with Crippen LogP contribution >= 0.6 is 0 Å². The minimum atomic E-state index is -3.71. The van der Waals surface area contributed by atoms with E-state index in [1.54, 1.807) is 19.1 Å². The van der Waals surface area contributed by atoms with Gasteiger partial charge in [-0.3, -0.25) is 14.5 Å². The first-order valence-electron chi connectivity index (χ1n) is 8.97. The monoisotopic (exact) mass is 398 g/mol. The third-order valence-corrected chi connectivity index (χ3v) is 6.08. The summed E-state index contributed by atoms with van der Waals surface area (Å²) in [7, 11) is -3.71. The zero-order chi connectivity index (χ0) is 20.0. The maximum absolute atomic E-state index is 12.6. The normalized spacial score (nSPS) is 19.5. The highest BCUT2D eigenvalue weighted by molar-refractivity contribution is 7.89. The minimum Gasteiger partial charge on any atom is -0.480 e. The van der Waals surface area contributed by atoms with Gasteiger partial charge in [0.05, 0.1) is 24.5 Å². The number of ether oxygens (including phenoxy) is 1. The topological polar surface area (TPSA) is 113 Å². The van der Waals surface area contributed by atoms with Crippen LogP contribution in [-0.2, 0) is 30.8 Å². The molecule has 0 aromatic heterocycles. The lowest BCUT2D eigenvalue weighted by atomic mass is 9.86. The third kappa shape index (κ3) is 6.02. The molecule has 0 unspecified atom stereocenters. The Kier molecular flexibility index (Phi) is 7.34. The fraction of sp³-hybridized carbons (Fsp3) is 0.556. The summed E-state index contributed by atoms with van der Waals surface area (Å²) in [5.74, 6) is -1.29. The fourth-order valence-corrected chi connectivity index (χ4v) is 4.48. The van der Waals surface area contributed by atoms with Crippen molar-refractivity contribution in [3.05, 3.63) is 29.8 Å². The molecule has 1 saturated carbocycles. The summed E-state index contributed by atoms with van der Waals surface area (Å²) in [5.41, 5.74) is 0.571. The Morgan fingerprint density at radius 2 is 2.00 bits per heavy atom. The summed E-state index contributed by atoms with van der Waals surface area (Å²) >= 11 is 0. The van der Waals surface area contributed by atoms with Crippen LogP contribution < -0.4 is 4.72 Å². The molecule has 0 radical (unpaired) electrons. The lowest BCUT2D eigenvalue weighted by Gasteiger charge is -2.42. The van der Waals surface area contributed by atoms with Gasteiger partial charge in [0, 0.05) is 12.1 Å². The van der Waals surface area contributed by atoms with E-state index in [4.69, 9.17) is 9.84 Å². The van der Waals surface area contributed by atoms with Gasteiger partial charge in [-0.25, -0.2) is 13.1 Å². The van der Waals surface area contributed by atoms with Crippen molar-refractivity contribution in [3.8, 4) is 0 Å². The summed E-state index contributed by atoms with van der Waals surface area (Å²) in [6.45, 7) is 4.43. The van der Waals surface area contributed by atoms with Crippen molar-refractivity contribution in [2.75, 3.05) is 19.7 Å². The van der Waals surface area contributed by atoms with E-state index in [0.717, 1.165) is 0 Å². The van der Waals surface area contributed by atoms with Crippen molar-refractivity contribution < 1.29 is 27.9 Å². The average molecular weight is 398 g/mol. The number of likely N-dealkylation sites (N-methyl/N-ethyl adjacent to an activating group) is 1. The van der Waals surface area contributed by atoms with Crippen LogP contribution in [0.3, 0.4) is 0 Å². The lowest BCUT2D eigenvalue weighted by molar-refractivity contribution is -0.142. The predicted molar refractivity (Wildman–Crippen MR) is 98.8 cm³/mol. The van der Waals surface area contributed by atoms with Gasteiger partial charge in [-0.05, 0) is 44.0 Å². The van der Waals surface area contributed by atoms with Gasteiger partial charge in [-0.2, -0.15) is 0 Å². The standard InChI is InChI=1S/C18H26N2O6S/c1-3-20(12-17(21)22)15-10-14(11-15)19-27(24,25)16-7-5-6-13(8-16)9-18(23)26-4-2/h5-8,14-15,19H,3-4,9-12H2,1-2H3,(H,21,22). The van der Waals surface area contributed by atoms with E-state index in [-0.39, 0.29) is 36.6 Å². The Bertz CT molecular complexity index is 774. The number of esters is 1. The highest BCUT2D eigenvalue weighted by atomic mass is 32.2. The van der Waals surface area contributed by atoms with Crippen molar-refractivity contribution in [3.63, 3.8) is 0 Å². The maximum Gasteiger partial charge on any atom is 0.317 e. The summed E-state index contributed by atoms with van der Waals surface area (Å²) < 4.78 is 32.7. The molecule has 0 heterocycles. The van der Waals surface area contributed by atoms with Crippen molar-refractivity contribution >= 4 is 22.0 Å². The molecule has 1 aliphatic carbocycles. The van der Waals surface area contributed by atoms with Gasteiger partial charge in [-0.1, -0.05) is 19.1 Å². The van der Waals surface area contributed by atoms with E-state index in [9.17, 15) is 18.0 Å². The molecule has 0 amide bonds. The zero-order valence-corrected chi connectivity index (χ0v) is 16.4. The molecule has 9 heteroatoms. The molecule has 0 bridgehead atoms. The zero-order valence-electron chi connectivity index (χ0n) is 15.6. The number of nitrogens with zero attached hydrogens (tertiary/aromatic N) is 1. The molecule has 0 saturated heterocycles. The fourth-order valence-electron chi connectivity index (χ4n) is 3.14. The Balaban J connectivity index is 1.96. The summed E-state index contributed by atoms with van der Waals surface area (Å²) in [6, 6.07) is 6.07. The van der Waals surface area contributed by atoms with Crippen LogP contribution in [0.5, 0.6) is 0 Å². The molecule has 2 rings (SSSR count). The highest BCUT2D eigenvalue weighted by Gasteiger charge is 2.36. The van der Waals surface area contributed by atoms with Crippen molar-refractivity contribution in [2.24, 2.45) is 0 Å². The Morgan fingerprint density at radius 3 is 2.59 bits per heavy atom. The molecule has 1 aliphatic rings. The molecular weight excluding hydrogens is 372 g/mol. The van der Waals surface area contributed by atoms with Crippen LogP contribution in [0.1, 0.15) is 32.3 Å². The largest absolute Gasteiger partial charge is 0.480 e. The number of carbonyl (C=O) groups is 2. The lowest BCUT2D eigenvalue weighted by Crippen LogP contribution is -2.54. The predicted octanol–water partition coefficient (Wildman–Crippen LogP) is 1.01. The molecule has 0 atom stereocenters. The van der Waals surface area contributed by atoms with Crippen LogP contribution in [0.15, 0.2) is 29.2 Å². The van der Waals surface area contributed by atoms with Gasteiger partial charge in [0.2, 0.25) is 10.0 Å². The highest BCUT2D eigenvalue weighted by Crippen LogP contribution is 2.27. The first-order valence-corrected chi connectivity index (χ1v) is 10.5. The number of hydrogen-bond acceptors (Lipinski definition) is 6. The molecule has 2 N–H and O–H groups in total. The molecule has 0 aliphatic heterocycles. The van der Waals surface area contributed by atoms with Crippen molar-refractivity contribution in [1.29, 1.82) is 0 Å². The van der Waals surface area contributed by atoms with Gasteiger partial charge < -0.3 is 9.84 Å². The quantitative estimate of drug-likeness (QED) is 0.566. The van der Waals surface area contributed by atoms with Crippen LogP contribution in [0, 0.1) is 0 Å². The minimum absolute atomic E-state index is 0.0172. The van der Waals surface area contributed by atoms with Gasteiger partial charge >= 0.3 is 11.9 Å². The first kappa shape index (κ1) is 21.3. The second-order valence-electron chi connectivity index (χ2n) is 6.53. The van der Waals surface area contributed by atoms with E-state index in [1.807, 2.05) is 11.8 Å². The summed E-state index contributed by atoms with van der Waals surface area (Å²) in [4.78, 5) is 24.4. The molecule has 1 aromatic rings. The Morgan fingerprint density at radius 1 is 1.30 bits per heavy atom. The maximum atomic E-state index is 12.6. The van der Waals surface area contributed by atoms with E-state index in [2.05, 4.69) is 4.72 Å². The van der Waals surface area contributed by atoms with E-state index >= 15 is 0 Å². The van der Waals surface area contributed by atoms with Crippen LogP contribution in [0.4, 0.5) is 0 Å². The summed E-state index contributed by atoms with van der Waals surface area (Å²) in [6.07, 6.45) is 1.16. The number of carboxylic acids is 1. The number of nitrogens with one attached hydrogen (secondary N) is 1. The second-order valence-corrected chi connectivity index (χ2v) is 8.24. The van der Waals surface area contributed by atoms with Crippen molar-refractivity contribution in [1.82, 2.24) is 9.62 Å². The second kappa shape index (κ2) is 9.29. The molecule has 27 heavy (non-hydrogen) atoms. The molecular formula is C18H26N2O6S. The SMILES string of the molecule is CCOC(=O)Cc1cccc(S(=O)(=O)NC2CC(N(CC)CC(=O)O)C2)c1. The van der Waals surface area contributed by atoms with Gasteiger partial charge in [0.15, 0.2) is 0 Å². The van der Waals surface area contributed by atoms with Gasteiger partial charge in [0.1, 0.15) is 0 Å². The van der Waals surface area contributed by atoms with E-state index in [1.165, 1.54) is 12.1 Å². The number of hydrogen-bond donors (Lipinski definition) is 2. The Labute approximate surface area is 159 Å². The molecule has 0 spiro atoms. The molecule has 1 fully saturated rings. The third-order valence-electron chi connectivity index (χ3n) is 4.56. The molecule has 1 aromatic carbocycles. The number of aliphatic carboxylic acids is 1. The van der Waals surface area contributed by atoms with Crippen LogP contribution in [-0.4, -0.2) is 62.1 Å². The number of carboxylic acid groups (broad SMARTS) is 1. The summed E-state index contributed by atoms with van der Waals surface area (Å²) in [5, 5.41) is 8.92. The Hall–Kier alpha value is -1.97. The smallest absolute Gasteiger partial charge is 0.317 e. The number of benzene rings is 1. The van der Waals surface area contributed by atoms with Crippen molar-refractivity contribution in [2.45, 2.75) is 50.1 Å². The van der Waals surface area contributed by atoms with Gasteiger partial charge in [-0.15, -0.1) is 0 Å². The number of sulfonamides is 1. The van der Waals surface area contributed by atoms with Crippen LogP contribution in [0.25, 0.3) is 0 Å². The first-order chi connectivity index (χ1) is 12.7. The van der Waals surface area contributed by atoms with Gasteiger partial charge in [0.25, 0.3) is 0 Å². The number of carbonyl (C=O) groups excluding carboxylic acids is 1.